The first-order chi connectivity index (χ1) is 11.7. The summed E-state index contributed by atoms with van der Waals surface area (Å²) in [5, 5.41) is 6.41. The van der Waals surface area contributed by atoms with Crippen molar-refractivity contribution < 1.29 is 4.79 Å². The summed E-state index contributed by atoms with van der Waals surface area (Å²) in [7, 11) is 0. The van der Waals surface area contributed by atoms with Crippen LogP contribution in [0, 0.1) is 0 Å². The van der Waals surface area contributed by atoms with Gasteiger partial charge in [-0.1, -0.05) is 17.7 Å². The van der Waals surface area contributed by atoms with E-state index in [1.165, 1.54) is 0 Å². The second kappa shape index (κ2) is 6.07. The van der Waals surface area contributed by atoms with Gasteiger partial charge in [0.25, 0.3) is 5.91 Å². The van der Waals surface area contributed by atoms with Crippen LogP contribution < -0.4 is 10.6 Å². The molecule has 5 nitrogen and oxygen atoms in total. The van der Waals surface area contributed by atoms with Crippen LogP contribution in [0.2, 0.25) is 5.02 Å². The highest BCUT2D eigenvalue weighted by molar-refractivity contribution is 7.16. The van der Waals surface area contributed by atoms with E-state index in [1.807, 2.05) is 30.3 Å². The summed E-state index contributed by atoms with van der Waals surface area (Å²) in [5.41, 5.74) is 4.82. The van der Waals surface area contributed by atoms with Crippen molar-refractivity contribution in [3.8, 4) is 0 Å². The van der Waals surface area contributed by atoms with Crippen LogP contribution in [0.1, 0.15) is 5.56 Å². The van der Waals surface area contributed by atoms with E-state index in [0.29, 0.717) is 16.7 Å². The van der Waals surface area contributed by atoms with Crippen LogP contribution in [0.3, 0.4) is 0 Å². The summed E-state index contributed by atoms with van der Waals surface area (Å²) >= 11 is 7.42. The lowest BCUT2D eigenvalue weighted by molar-refractivity contribution is -0.115. The van der Waals surface area contributed by atoms with Crippen molar-refractivity contribution in [2.75, 3.05) is 5.32 Å². The molecule has 3 aromatic rings. The first-order valence-electron chi connectivity index (χ1n) is 7.15. The van der Waals surface area contributed by atoms with Crippen molar-refractivity contribution in [1.82, 2.24) is 10.3 Å². The molecule has 1 amide bonds. The molecule has 4 rings (SSSR count). The lowest BCUT2D eigenvalue weighted by Gasteiger charge is -2.04. The third kappa shape index (κ3) is 3.02. The normalized spacial score (nSPS) is 15.6. The van der Waals surface area contributed by atoms with Crippen molar-refractivity contribution in [2.24, 2.45) is 4.99 Å². The number of aliphatic imine (C=N–C) groups is 1. The number of benzene rings is 2. The van der Waals surface area contributed by atoms with Crippen LogP contribution in [0.15, 0.2) is 58.7 Å². The maximum Gasteiger partial charge on any atom is 0.276 e. The van der Waals surface area contributed by atoms with Crippen molar-refractivity contribution >= 4 is 56.8 Å². The molecule has 0 saturated carbocycles. The molecular weight excluding hydrogens is 344 g/mol. The van der Waals surface area contributed by atoms with Gasteiger partial charge in [0.1, 0.15) is 5.70 Å². The first-order valence-corrected chi connectivity index (χ1v) is 8.41. The lowest BCUT2D eigenvalue weighted by atomic mass is 10.2. The predicted octanol–water partition coefficient (Wildman–Crippen LogP) is 3.89. The van der Waals surface area contributed by atoms with Gasteiger partial charge in [0.15, 0.2) is 0 Å². The van der Waals surface area contributed by atoms with Gasteiger partial charge in [-0.25, -0.2) is 9.98 Å². The highest BCUT2D eigenvalue weighted by atomic mass is 35.5. The minimum absolute atomic E-state index is 0.240. The number of carbonyl (C=O) groups excluding carboxylic acids is 1. The summed E-state index contributed by atoms with van der Waals surface area (Å²) in [5.74, 6) is 0.156. The van der Waals surface area contributed by atoms with Crippen LogP contribution in [-0.2, 0) is 4.79 Å². The molecule has 1 aromatic heterocycles. The third-order valence-corrected chi connectivity index (χ3v) is 4.51. The van der Waals surface area contributed by atoms with E-state index in [9.17, 15) is 4.79 Å². The van der Waals surface area contributed by atoms with Crippen molar-refractivity contribution in [3.63, 3.8) is 0 Å². The average molecular weight is 355 g/mol. The number of amides is 1. The van der Waals surface area contributed by atoms with E-state index < -0.39 is 0 Å². The van der Waals surface area contributed by atoms with Gasteiger partial charge in [0.2, 0.25) is 5.96 Å². The number of hydrogen-bond donors (Lipinski definition) is 2. The average Bonchev–Trinajstić information content (AvgIpc) is 3.16. The zero-order chi connectivity index (χ0) is 16.5. The largest absolute Gasteiger partial charge is 0.326 e. The summed E-state index contributed by atoms with van der Waals surface area (Å²) in [6.45, 7) is 0. The Morgan fingerprint density at radius 3 is 2.83 bits per heavy atom. The Balaban J connectivity index is 1.59. The monoisotopic (exact) mass is 354 g/mol. The molecular formula is C17H11ClN4OS. The molecule has 2 aromatic carbocycles. The quantitative estimate of drug-likeness (QED) is 0.686. The zero-order valence-electron chi connectivity index (χ0n) is 12.3. The zero-order valence-corrected chi connectivity index (χ0v) is 13.9. The fourth-order valence-corrected chi connectivity index (χ4v) is 3.17. The highest BCUT2D eigenvalue weighted by Crippen LogP contribution is 2.21. The van der Waals surface area contributed by atoms with E-state index in [4.69, 9.17) is 11.6 Å². The van der Waals surface area contributed by atoms with Crippen molar-refractivity contribution in [1.29, 1.82) is 0 Å². The molecule has 0 fully saturated rings. The maximum atomic E-state index is 12.1. The van der Waals surface area contributed by atoms with Crippen LogP contribution in [0.4, 0.5) is 5.69 Å². The summed E-state index contributed by atoms with van der Waals surface area (Å²) in [4.78, 5) is 20.6. The van der Waals surface area contributed by atoms with E-state index in [0.717, 1.165) is 21.5 Å². The smallest absolute Gasteiger partial charge is 0.276 e. The minimum Gasteiger partial charge on any atom is -0.326 e. The van der Waals surface area contributed by atoms with Gasteiger partial charge >= 0.3 is 0 Å². The van der Waals surface area contributed by atoms with Crippen LogP contribution in [0.5, 0.6) is 0 Å². The molecule has 0 saturated heterocycles. The lowest BCUT2D eigenvalue weighted by Crippen LogP contribution is -2.29. The van der Waals surface area contributed by atoms with Gasteiger partial charge in [0.05, 0.1) is 15.7 Å². The van der Waals surface area contributed by atoms with E-state index in [2.05, 4.69) is 20.6 Å². The van der Waals surface area contributed by atoms with Gasteiger partial charge in [-0.05, 0) is 48.0 Å². The summed E-state index contributed by atoms with van der Waals surface area (Å²) < 4.78 is 1.08. The molecule has 7 heteroatoms. The SMILES string of the molecule is O=C1NC(Nc2ccc(Cl)cc2)=NC1=Cc1ccc2ncsc2c1. The number of nitrogens with one attached hydrogen (secondary N) is 2. The Morgan fingerprint density at radius 1 is 1.17 bits per heavy atom. The number of halogens is 1. The molecule has 0 bridgehead atoms. The Bertz CT molecular complexity index is 991. The summed E-state index contributed by atoms with van der Waals surface area (Å²) in [6, 6.07) is 13.0. The second-order valence-electron chi connectivity index (χ2n) is 5.16. The Morgan fingerprint density at radius 2 is 2.00 bits per heavy atom. The van der Waals surface area contributed by atoms with Gasteiger partial charge in [-0.2, -0.15) is 0 Å². The number of carbonyl (C=O) groups is 1. The van der Waals surface area contributed by atoms with Crippen LogP contribution >= 0.6 is 22.9 Å². The molecule has 1 aliphatic rings. The minimum atomic E-state index is -0.240. The topological polar surface area (TPSA) is 66.4 Å². The second-order valence-corrected chi connectivity index (χ2v) is 6.48. The van der Waals surface area contributed by atoms with Gasteiger partial charge in [-0.3, -0.25) is 10.1 Å². The molecule has 24 heavy (non-hydrogen) atoms. The van der Waals surface area contributed by atoms with Crippen molar-refractivity contribution in [2.45, 2.75) is 0 Å². The molecule has 2 N–H and O–H groups in total. The molecule has 0 aliphatic carbocycles. The fourth-order valence-electron chi connectivity index (χ4n) is 2.32. The number of guanidine groups is 1. The Labute approximate surface area is 146 Å². The predicted molar refractivity (Wildman–Crippen MR) is 98.2 cm³/mol. The number of fused-ring (bicyclic) bond motifs is 1. The maximum absolute atomic E-state index is 12.1. The number of thiazole rings is 1. The van der Waals surface area contributed by atoms with Gasteiger partial charge < -0.3 is 5.32 Å². The number of hydrogen-bond acceptors (Lipinski definition) is 5. The molecule has 0 unspecified atom stereocenters. The van der Waals surface area contributed by atoms with Crippen LogP contribution in [0.25, 0.3) is 16.3 Å². The van der Waals surface area contributed by atoms with Gasteiger partial charge in [0, 0.05) is 10.7 Å². The standard InChI is InChI=1S/C17H11ClN4OS/c18-11-2-4-12(5-3-11)20-17-21-14(16(23)22-17)7-10-1-6-13-15(8-10)24-9-19-13/h1-9H,(H2,20,21,22,23). The van der Waals surface area contributed by atoms with Crippen molar-refractivity contribution in [3.05, 3.63) is 64.3 Å². The number of rotatable bonds is 2. The molecule has 0 atom stereocenters. The summed E-state index contributed by atoms with van der Waals surface area (Å²) in [6.07, 6.45) is 1.75. The number of nitrogens with zero attached hydrogens (tertiary/aromatic N) is 2. The third-order valence-electron chi connectivity index (χ3n) is 3.46. The Hall–Kier alpha value is -2.70. The van der Waals surface area contributed by atoms with E-state index in [1.54, 1.807) is 35.1 Å². The first kappa shape index (κ1) is 14.9. The van der Waals surface area contributed by atoms with Crippen LogP contribution in [-0.4, -0.2) is 16.9 Å². The number of anilines is 1. The molecule has 1 aliphatic heterocycles. The Kier molecular flexibility index (Phi) is 3.76. The van der Waals surface area contributed by atoms with Gasteiger partial charge in [-0.15, -0.1) is 11.3 Å². The molecule has 0 spiro atoms. The number of aromatic nitrogens is 1. The fraction of sp³-hybridized carbons (Fsp3) is 0. The molecule has 2 heterocycles. The van der Waals surface area contributed by atoms with E-state index >= 15 is 0 Å². The molecule has 0 radical (unpaired) electrons. The highest BCUT2D eigenvalue weighted by Gasteiger charge is 2.20. The van der Waals surface area contributed by atoms with E-state index in [-0.39, 0.29) is 5.91 Å². The molecule has 118 valence electrons.